The summed E-state index contributed by atoms with van der Waals surface area (Å²) in [5.41, 5.74) is 0. The van der Waals surface area contributed by atoms with Crippen LogP contribution in [0.4, 0.5) is 17.6 Å². The second kappa shape index (κ2) is 9.53. The van der Waals surface area contributed by atoms with Gasteiger partial charge in [0.1, 0.15) is 6.61 Å². The summed E-state index contributed by atoms with van der Waals surface area (Å²) in [5, 5.41) is 3.18. The molecule has 0 amide bonds. The van der Waals surface area contributed by atoms with Crippen molar-refractivity contribution >= 4 is 0 Å². The summed E-state index contributed by atoms with van der Waals surface area (Å²) >= 11 is 0. The van der Waals surface area contributed by atoms with Crippen LogP contribution in [0.25, 0.3) is 0 Å². The van der Waals surface area contributed by atoms with Crippen molar-refractivity contribution in [3.05, 3.63) is 0 Å². The largest absolute Gasteiger partial charge is 0.373 e. The van der Waals surface area contributed by atoms with Gasteiger partial charge in [-0.1, -0.05) is 20.8 Å². The summed E-state index contributed by atoms with van der Waals surface area (Å²) in [7, 11) is 0. The highest BCUT2D eigenvalue weighted by Gasteiger charge is 2.41. The van der Waals surface area contributed by atoms with Crippen molar-refractivity contribution in [1.29, 1.82) is 0 Å². The van der Waals surface area contributed by atoms with Gasteiger partial charge in [-0.2, -0.15) is 8.78 Å². The highest BCUT2D eigenvalue weighted by atomic mass is 19.3. The Bertz CT molecular complexity index is 225. The average Bonchev–Trinajstić information content (AvgIpc) is 2.31. The van der Waals surface area contributed by atoms with Gasteiger partial charge in [-0.15, -0.1) is 0 Å². The quantitative estimate of drug-likeness (QED) is 0.585. The van der Waals surface area contributed by atoms with Crippen LogP contribution in [0.2, 0.25) is 0 Å². The number of nitrogens with one attached hydrogen (secondary N) is 1. The molecule has 0 aliphatic rings. The molecule has 0 aromatic rings. The van der Waals surface area contributed by atoms with Crippen LogP contribution in [0.1, 0.15) is 40.0 Å². The van der Waals surface area contributed by atoms with E-state index in [0.29, 0.717) is 5.92 Å². The molecule has 0 aromatic carbocycles. The van der Waals surface area contributed by atoms with Gasteiger partial charge in [0, 0.05) is 6.04 Å². The van der Waals surface area contributed by atoms with E-state index in [0.717, 1.165) is 25.8 Å². The zero-order valence-corrected chi connectivity index (χ0v) is 11.9. The van der Waals surface area contributed by atoms with Gasteiger partial charge in [-0.25, -0.2) is 8.78 Å². The van der Waals surface area contributed by atoms with E-state index in [4.69, 9.17) is 4.74 Å². The second-order valence-electron chi connectivity index (χ2n) is 5.20. The lowest BCUT2D eigenvalue weighted by Gasteiger charge is -2.21. The van der Waals surface area contributed by atoms with Crippen molar-refractivity contribution in [3.8, 4) is 0 Å². The van der Waals surface area contributed by atoms with Gasteiger partial charge in [0.25, 0.3) is 0 Å². The number of rotatable bonds is 11. The van der Waals surface area contributed by atoms with Gasteiger partial charge in [0.15, 0.2) is 0 Å². The minimum absolute atomic E-state index is 0.0367. The normalized spacial score (nSPS) is 14.4. The minimum Gasteiger partial charge on any atom is -0.373 e. The molecule has 0 radical (unpaired) electrons. The number of ether oxygens (including phenoxy) is 1. The summed E-state index contributed by atoms with van der Waals surface area (Å²) in [5.74, 6) is -3.55. The molecule has 116 valence electrons. The maximum absolute atomic E-state index is 12.7. The SMILES string of the molecule is CCCNC(CCC(C)C)COCC(F)(F)C(F)F. The molecule has 0 saturated carbocycles. The number of halogens is 4. The monoisotopic (exact) mass is 287 g/mol. The second-order valence-corrected chi connectivity index (χ2v) is 5.20. The van der Waals surface area contributed by atoms with Crippen LogP contribution in [-0.4, -0.2) is 38.1 Å². The average molecular weight is 287 g/mol. The third-order valence-corrected chi connectivity index (χ3v) is 2.71. The van der Waals surface area contributed by atoms with Crippen LogP contribution in [0.15, 0.2) is 0 Å². The summed E-state index contributed by atoms with van der Waals surface area (Å²) in [6, 6.07) is -0.0594. The Morgan fingerprint density at radius 3 is 2.26 bits per heavy atom. The fourth-order valence-electron chi connectivity index (χ4n) is 1.53. The highest BCUT2D eigenvalue weighted by Crippen LogP contribution is 2.23. The molecule has 0 saturated heterocycles. The Morgan fingerprint density at radius 2 is 1.79 bits per heavy atom. The molecule has 0 aromatic heterocycles. The molecule has 0 fully saturated rings. The number of hydrogen-bond acceptors (Lipinski definition) is 2. The molecule has 1 atom stereocenters. The fourth-order valence-corrected chi connectivity index (χ4v) is 1.53. The van der Waals surface area contributed by atoms with Gasteiger partial charge in [-0.05, 0) is 31.7 Å². The molecular formula is C13H25F4NO. The Morgan fingerprint density at radius 1 is 1.16 bits per heavy atom. The summed E-state index contributed by atoms with van der Waals surface area (Å²) in [6.45, 7) is 5.72. The first-order valence-electron chi connectivity index (χ1n) is 6.76. The van der Waals surface area contributed by atoms with E-state index in [1.807, 2.05) is 6.92 Å². The Kier molecular flexibility index (Phi) is 9.35. The molecule has 0 aliphatic heterocycles. The highest BCUT2D eigenvalue weighted by molar-refractivity contribution is 4.71. The van der Waals surface area contributed by atoms with Crippen LogP contribution >= 0.6 is 0 Å². The zero-order chi connectivity index (χ0) is 14.9. The van der Waals surface area contributed by atoms with E-state index in [1.165, 1.54) is 0 Å². The minimum atomic E-state index is -4.06. The van der Waals surface area contributed by atoms with Crippen molar-refractivity contribution in [2.75, 3.05) is 19.8 Å². The Balaban J connectivity index is 4.03. The molecule has 19 heavy (non-hydrogen) atoms. The number of alkyl halides is 4. The molecule has 1 N–H and O–H groups in total. The molecule has 2 nitrogen and oxygen atoms in total. The van der Waals surface area contributed by atoms with Crippen LogP contribution in [-0.2, 0) is 4.74 Å². The van der Waals surface area contributed by atoms with Crippen LogP contribution in [0.5, 0.6) is 0 Å². The fraction of sp³-hybridized carbons (Fsp3) is 1.00. The van der Waals surface area contributed by atoms with Crippen LogP contribution in [0, 0.1) is 5.92 Å². The van der Waals surface area contributed by atoms with Crippen molar-refractivity contribution in [2.24, 2.45) is 5.92 Å². The first-order valence-corrected chi connectivity index (χ1v) is 6.76. The summed E-state index contributed by atoms with van der Waals surface area (Å²) in [6.07, 6.45) is -1.02. The molecule has 0 aliphatic carbocycles. The lowest BCUT2D eigenvalue weighted by atomic mass is 10.0. The third kappa shape index (κ3) is 9.21. The molecule has 0 spiro atoms. The van der Waals surface area contributed by atoms with E-state index < -0.39 is 19.0 Å². The van der Waals surface area contributed by atoms with Crippen LogP contribution in [0.3, 0.4) is 0 Å². The van der Waals surface area contributed by atoms with Crippen molar-refractivity contribution < 1.29 is 22.3 Å². The summed E-state index contributed by atoms with van der Waals surface area (Å²) in [4.78, 5) is 0. The van der Waals surface area contributed by atoms with Crippen molar-refractivity contribution in [2.45, 2.75) is 58.4 Å². The maximum atomic E-state index is 12.7. The molecule has 0 heterocycles. The van der Waals surface area contributed by atoms with Gasteiger partial charge in [0.2, 0.25) is 0 Å². The smallest absolute Gasteiger partial charge is 0.330 e. The zero-order valence-electron chi connectivity index (χ0n) is 11.9. The van der Waals surface area contributed by atoms with E-state index in [2.05, 4.69) is 19.2 Å². The van der Waals surface area contributed by atoms with E-state index in [9.17, 15) is 17.6 Å². The molecule has 0 bridgehead atoms. The molecule has 0 rings (SSSR count). The topological polar surface area (TPSA) is 21.3 Å². The number of hydrogen-bond donors (Lipinski definition) is 1. The van der Waals surface area contributed by atoms with E-state index in [-0.39, 0.29) is 12.6 Å². The molecule has 6 heteroatoms. The summed E-state index contributed by atoms with van der Waals surface area (Å²) < 4.78 is 54.0. The first kappa shape index (κ1) is 18.6. The third-order valence-electron chi connectivity index (χ3n) is 2.71. The Hall–Kier alpha value is -0.360. The lowest BCUT2D eigenvalue weighted by molar-refractivity contribution is -0.167. The van der Waals surface area contributed by atoms with E-state index >= 15 is 0 Å². The predicted octanol–water partition coefficient (Wildman–Crippen LogP) is 3.71. The lowest BCUT2D eigenvalue weighted by Crippen LogP contribution is -2.38. The Labute approximate surface area is 112 Å². The van der Waals surface area contributed by atoms with E-state index in [1.54, 1.807) is 0 Å². The maximum Gasteiger partial charge on any atom is 0.330 e. The molecular weight excluding hydrogens is 262 g/mol. The predicted molar refractivity (Wildman–Crippen MR) is 67.9 cm³/mol. The molecule has 1 unspecified atom stereocenters. The van der Waals surface area contributed by atoms with Gasteiger partial charge >= 0.3 is 12.3 Å². The van der Waals surface area contributed by atoms with Gasteiger partial charge in [-0.3, -0.25) is 0 Å². The van der Waals surface area contributed by atoms with Gasteiger partial charge < -0.3 is 10.1 Å². The first-order chi connectivity index (χ1) is 8.79. The van der Waals surface area contributed by atoms with Gasteiger partial charge in [0.05, 0.1) is 6.61 Å². The standard InChI is InChI=1S/C13H25F4NO/c1-4-7-18-11(6-5-10(2)3)8-19-9-13(16,17)12(14)15/h10-12,18H,4-9H2,1-3H3. The van der Waals surface area contributed by atoms with Crippen molar-refractivity contribution in [1.82, 2.24) is 5.32 Å². The van der Waals surface area contributed by atoms with Crippen LogP contribution < -0.4 is 5.32 Å². The van der Waals surface area contributed by atoms with Crippen molar-refractivity contribution in [3.63, 3.8) is 0 Å².